The first-order valence-corrected chi connectivity index (χ1v) is 2.96. The molecule has 11 heavy (non-hydrogen) atoms. The Hall–Kier alpha value is -1.00. The molecular weight excluding hydrogens is 157 g/mol. The number of hydrogen-bond acceptors (Lipinski definition) is 1. The predicted molar refractivity (Wildman–Crippen MR) is 31.9 cm³/mol. The fourth-order valence-corrected chi connectivity index (χ4v) is 0.689. The molecule has 1 aromatic heterocycles. The first-order valence-electron chi connectivity index (χ1n) is 2.96. The Morgan fingerprint density at radius 2 is 2.27 bits per heavy atom. The van der Waals surface area contributed by atoms with Crippen LogP contribution in [-0.2, 0) is 6.54 Å². The Bertz CT molecular complexity index is 238. The third kappa shape index (κ3) is 2.61. The zero-order chi connectivity index (χ0) is 8.48. The Balaban J connectivity index is 2.65. The van der Waals surface area contributed by atoms with Crippen LogP contribution in [0.2, 0.25) is 0 Å². The van der Waals surface area contributed by atoms with Crippen LogP contribution in [0.15, 0.2) is 6.20 Å². The Labute approximate surface area is 61.6 Å². The van der Waals surface area contributed by atoms with E-state index in [1.807, 2.05) is 0 Å². The minimum absolute atomic E-state index is 0.606. The lowest BCUT2D eigenvalue weighted by atomic mass is 10.4. The van der Waals surface area contributed by atoms with E-state index in [9.17, 15) is 13.2 Å². The lowest BCUT2D eigenvalue weighted by Crippen LogP contribution is -2.17. The monoisotopic (exact) mass is 163 g/mol. The molecule has 2 nitrogen and oxygen atoms in total. The summed E-state index contributed by atoms with van der Waals surface area (Å²) >= 11 is 0. The standard InChI is InChI=1S/C6H6F3N2/c1-5-2-10-11(3-5)4-6(7,8)9/h3H,4H2,1H3. The van der Waals surface area contributed by atoms with Gasteiger partial charge in [0.2, 0.25) is 0 Å². The number of rotatable bonds is 1. The van der Waals surface area contributed by atoms with Crippen molar-refractivity contribution in [2.24, 2.45) is 0 Å². The van der Waals surface area contributed by atoms with Gasteiger partial charge in [0.15, 0.2) is 0 Å². The summed E-state index contributed by atoms with van der Waals surface area (Å²) in [5, 5.41) is 3.37. The molecule has 1 aromatic rings. The van der Waals surface area contributed by atoms with Crippen molar-refractivity contribution < 1.29 is 13.2 Å². The van der Waals surface area contributed by atoms with E-state index in [2.05, 4.69) is 11.3 Å². The fourth-order valence-electron chi connectivity index (χ4n) is 0.689. The van der Waals surface area contributed by atoms with Gasteiger partial charge in [-0.05, 0) is 12.5 Å². The molecule has 0 aliphatic rings. The van der Waals surface area contributed by atoms with Gasteiger partial charge >= 0.3 is 6.18 Å². The Morgan fingerprint density at radius 1 is 1.64 bits per heavy atom. The van der Waals surface area contributed by atoms with Gasteiger partial charge in [-0.25, -0.2) is 0 Å². The minimum atomic E-state index is -4.20. The summed E-state index contributed by atoms with van der Waals surface area (Å²) in [5.74, 6) is 0. The quantitative estimate of drug-likeness (QED) is 0.614. The topological polar surface area (TPSA) is 17.8 Å². The maximum atomic E-state index is 11.7. The average molecular weight is 163 g/mol. The van der Waals surface area contributed by atoms with Crippen LogP contribution >= 0.6 is 0 Å². The molecule has 61 valence electrons. The highest BCUT2D eigenvalue weighted by Gasteiger charge is 2.28. The number of alkyl halides is 3. The first kappa shape index (κ1) is 8.10. The summed E-state index contributed by atoms with van der Waals surface area (Å²) in [6.45, 7) is 0.594. The number of hydrogen-bond donors (Lipinski definition) is 0. The molecule has 1 heterocycles. The molecule has 0 saturated heterocycles. The van der Waals surface area contributed by atoms with E-state index in [1.54, 1.807) is 6.92 Å². The largest absolute Gasteiger partial charge is 0.408 e. The van der Waals surface area contributed by atoms with Crippen molar-refractivity contribution in [2.45, 2.75) is 19.6 Å². The van der Waals surface area contributed by atoms with Crippen LogP contribution in [0, 0.1) is 13.1 Å². The second kappa shape index (κ2) is 2.56. The van der Waals surface area contributed by atoms with Gasteiger partial charge in [0, 0.05) is 6.20 Å². The van der Waals surface area contributed by atoms with Crippen LogP contribution in [0.4, 0.5) is 13.2 Å². The molecular formula is C6H6F3N2. The van der Waals surface area contributed by atoms with Crippen LogP contribution in [0.3, 0.4) is 0 Å². The van der Waals surface area contributed by atoms with E-state index in [1.165, 1.54) is 6.20 Å². The predicted octanol–water partition coefficient (Wildman–Crippen LogP) is 1.55. The van der Waals surface area contributed by atoms with Crippen molar-refractivity contribution in [3.8, 4) is 0 Å². The van der Waals surface area contributed by atoms with Crippen LogP contribution < -0.4 is 0 Å². The molecule has 5 heteroatoms. The lowest BCUT2D eigenvalue weighted by Gasteiger charge is -2.04. The zero-order valence-electron chi connectivity index (χ0n) is 5.81. The highest BCUT2D eigenvalue weighted by atomic mass is 19.4. The van der Waals surface area contributed by atoms with Crippen molar-refractivity contribution in [2.75, 3.05) is 0 Å². The number of halogens is 3. The fraction of sp³-hybridized carbons (Fsp3) is 0.500. The van der Waals surface area contributed by atoms with Crippen molar-refractivity contribution in [3.63, 3.8) is 0 Å². The Morgan fingerprint density at radius 3 is 2.64 bits per heavy atom. The van der Waals surface area contributed by atoms with Crippen LogP contribution in [0.5, 0.6) is 0 Å². The zero-order valence-corrected chi connectivity index (χ0v) is 5.81. The highest BCUT2D eigenvalue weighted by molar-refractivity contribution is 4.97. The third-order valence-electron chi connectivity index (χ3n) is 1.04. The number of nitrogens with zero attached hydrogens (tertiary/aromatic N) is 2. The maximum Gasteiger partial charge on any atom is 0.408 e. The molecule has 0 amide bonds. The van der Waals surface area contributed by atoms with E-state index in [4.69, 9.17) is 0 Å². The molecule has 0 N–H and O–H groups in total. The molecule has 0 spiro atoms. The van der Waals surface area contributed by atoms with Crippen LogP contribution in [0.1, 0.15) is 5.56 Å². The first-order chi connectivity index (χ1) is 4.97. The molecule has 0 atom stereocenters. The van der Waals surface area contributed by atoms with Crippen LogP contribution in [-0.4, -0.2) is 16.0 Å². The number of aryl methyl sites for hydroxylation is 1. The van der Waals surface area contributed by atoms with Gasteiger partial charge in [-0.1, -0.05) is 0 Å². The van der Waals surface area contributed by atoms with Gasteiger partial charge in [0.25, 0.3) is 0 Å². The van der Waals surface area contributed by atoms with Crippen molar-refractivity contribution >= 4 is 0 Å². The molecule has 1 rings (SSSR count). The average Bonchev–Trinajstić information content (AvgIpc) is 2.10. The van der Waals surface area contributed by atoms with E-state index in [0.717, 1.165) is 4.68 Å². The molecule has 0 unspecified atom stereocenters. The van der Waals surface area contributed by atoms with Gasteiger partial charge in [-0.3, -0.25) is 4.68 Å². The van der Waals surface area contributed by atoms with Crippen molar-refractivity contribution in [3.05, 3.63) is 18.0 Å². The summed E-state index contributed by atoms with van der Waals surface area (Å²) < 4.78 is 35.8. The summed E-state index contributed by atoms with van der Waals surface area (Å²) in [7, 11) is 0. The SMILES string of the molecule is Cc1[c]nn(CC(F)(F)F)c1. The molecule has 1 radical (unpaired) electrons. The summed E-state index contributed by atoms with van der Waals surface area (Å²) in [6.07, 6.45) is -0.499. The second-order valence-electron chi connectivity index (χ2n) is 2.24. The lowest BCUT2D eigenvalue weighted by molar-refractivity contribution is -0.142. The molecule has 0 aliphatic heterocycles. The van der Waals surface area contributed by atoms with E-state index in [-0.39, 0.29) is 0 Å². The van der Waals surface area contributed by atoms with Gasteiger partial charge in [0.05, 0.1) is 0 Å². The van der Waals surface area contributed by atoms with E-state index >= 15 is 0 Å². The second-order valence-corrected chi connectivity index (χ2v) is 2.24. The molecule has 0 saturated carbocycles. The van der Waals surface area contributed by atoms with E-state index in [0.29, 0.717) is 5.56 Å². The van der Waals surface area contributed by atoms with Crippen molar-refractivity contribution in [1.82, 2.24) is 9.78 Å². The van der Waals surface area contributed by atoms with E-state index < -0.39 is 12.7 Å². The van der Waals surface area contributed by atoms with Gasteiger partial charge in [-0.2, -0.15) is 18.3 Å². The summed E-state index contributed by atoms with van der Waals surface area (Å²) in [6, 6.07) is 0. The normalized spacial score (nSPS) is 12.0. The maximum absolute atomic E-state index is 11.7. The summed E-state index contributed by atoms with van der Waals surface area (Å²) in [5.41, 5.74) is 0.606. The van der Waals surface area contributed by atoms with Crippen molar-refractivity contribution in [1.29, 1.82) is 0 Å². The molecule has 0 aliphatic carbocycles. The molecule has 0 bridgehead atoms. The smallest absolute Gasteiger partial charge is 0.263 e. The van der Waals surface area contributed by atoms with Crippen LogP contribution in [0.25, 0.3) is 0 Å². The molecule has 0 fully saturated rings. The third-order valence-corrected chi connectivity index (χ3v) is 1.04. The highest BCUT2D eigenvalue weighted by Crippen LogP contribution is 2.16. The minimum Gasteiger partial charge on any atom is -0.263 e. The Kier molecular flexibility index (Phi) is 1.89. The number of aromatic nitrogens is 2. The van der Waals surface area contributed by atoms with Gasteiger partial charge in [-0.15, -0.1) is 0 Å². The molecule has 0 aromatic carbocycles. The van der Waals surface area contributed by atoms with Gasteiger partial charge < -0.3 is 0 Å². The summed E-state index contributed by atoms with van der Waals surface area (Å²) in [4.78, 5) is 0. The van der Waals surface area contributed by atoms with Gasteiger partial charge in [0.1, 0.15) is 12.7 Å².